The summed E-state index contributed by atoms with van der Waals surface area (Å²) in [6.07, 6.45) is 6.23. The first-order valence-electron chi connectivity index (χ1n) is 15.7. The topological polar surface area (TPSA) is 85.4 Å². The van der Waals surface area contributed by atoms with Crippen molar-refractivity contribution < 1.29 is 19.1 Å². The molecule has 4 aliphatic rings. The summed E-state index contributed by atoms with van der Waals surface area (Å²) in [6, 6.07) is 4.91. The summed E-state index contributed by atoms with van der Waals surface area (Å²) in [5.74, 6) is 1.37. The standard InChI is InChI=1S/C32H41Cl2N5O4S/c1-36-10-4-23(5-11-36)24-6-12-37(13-7-24)32(9-15-40)17-26(38-18-25-20-44-21-29(25)35-30(38)41)8-14-39(32)31(42)43-19-22-2-3-27(33)28(34)16-22/h2-3,15-16,20-21,23-24,26H,4-14,17-19H2,1H3,(H,35,41)/t26-,32+/m1/s1. The van der Waals surface area contributed by atoms with Crippen molar-refractivity contribution in [2.75, 3.05) is 45.1 Å². The van der Waals surface area contributed by atoms with E-state index in [2.05, 4.69) is 27.5 Å². The van der Waals surface area contributed by atoms with Crippen molar-refractivity contribution in [2.24, 2.45) is 11.8 Å². The van der Waals surface area contributed by atoms with Gasteiger partial charge in [-0.2, -0.15) is 0 Å². The monoisotopic (exact) mass is 661 g/mol. The molecule has 0 radical (unpaired) electrons. The molecule has 44 heavy (non-hydrogen) atoms. The van der Waals surface area contributed by atoms with Gasteiger partial charge < -0.3 is 24.6 Å². The third kappa shape index (κ3) is 6.47. The van der Waals surface area contributed by atoms with Crippen LogP contribution in [0.15, 0.2) is 29.0 Å². The Hall–Kier alpha value is -2.37. The Morgan fingerprint density at radius 1 is 1.05 bits per heavy atom. The summed E-state index contributed by atoms with van der Waals surface area (Å²) in [5, 5.41) is 7.91. The van der Waals surface area contributed by atoms with E-state index in [4.69, 9.17) is 27.9 Å². The van der Waals surface area contributed by atoms with Crippen LogP contribution >= 0.6 is 34.5 Å². The van der Waals surface area contributed by atoms with Gasteiger partial charge in [0.25, 0.3) is 0 Å². The Balaban J connectivity index is 1.23. The molecule has 9 nitrogen and oxygen atoms in total. The normalized spacial score (nSPS) is 25.9. The summed E-state index contributed by atoms with van der Waals surface area (Å²) in [6.45, 7) is 4.83. The van der Waals surface area contributed by atoms with Crippen LogP contribution in [-0.4, -0.2) is 89.5 Å². The molecular formula is C32H41Cl2N5O4S. The molecule has 0 bridgehead atoms. The number of anilines is 1. The minimum absolute atomic E-state index is 0.0421. The molecule has 2 aromatic rings. The molecule has 1 aromatic heterocycles. The Bertz CT molecular complexity index is 1360. The minimum Gasteiger partial charge on any atom is -0.444 e. The molecule has 0 unspecified atom stereocenters. The van der Waals surface area contributed by atoms with Gasteiger partial charge in [0.2, 0.25) is 0 Å². The summed E-state index contributed by atoms with van der Waals surface area (Å²) >= 11 is 13.9. The number of carbonyl (C=O) groups excluding carboxylic acids is 3. The second-order valence-corrected chi connectivity index (χ2v) is 14.3. The minimum atomic E-state index is -0.883. The van der Waals surface area contributed by atoms with Crippen molar-refractivity contribution in [3.63, 3.8) is 0 Å². The average Bonchev–Trinajstić information content (AvgIpc) is 3.49. The maximum atomic E-state index is 13.9. The van der Waals surface area contributed by atoms with E-state index in [-0.39, 0.29) is 25.1 Å². The van der Waals surface area contributed by atoms with Crippen molar-refractivity contribution in [3.05, 3.63) is 50.1 Å². The van der Waals surface area contributed by atoms with E-state index >= 15 is 0 Å². The second kappa shape index (κ2) is 13.5. The van der Waals surface area contributed by atoms with E-state index in [1.165, 1.54) is 12.8 Å². The molecule has 6 rings (SSSR count). The van der Waals surface area contributed by atoms with Gasteiger partial charge in [0, 0.05) is 49.5 Å². The highest BCUT2D eigenvalue weighted by molar-refractivity contribution is 7.08. The van der Waals surface area contributed by atoms with Crippen molar-refractivity contribution in [2.45, 2.75) is 69.8 Å². The lowest BCUT2D eigenvalue weighted by Gasteiger charge is -2.57. The number of fused-ring (bicyclic) bond motifs is 1. The zero-order chi connectivity index (χ0) is 30.8. The number of nitrogens with zero attached hydrogens (tertiary/aromatic N) is 4. The van der Waals surface area contributed by atoms with Gasteiger partial charge in [-0.05, 0) is 87.2 Å². The van der Waals surface area contributed by atoms with Crippen LogP contribution < -0.4 is 5.32 Å². The number of amides is 3. The molecule has 0 aliphatic carbocycles. The van der Waals surface area contributed by atoms with E-state index in [9.17, 15) is 14.4 Å². The lowest BCUT2D eigenvalue weighted by Crippen LogP contribution is -2.69. The number of hydrogen-bond donors (Lipinski definition) is 1. The maximum Gasteiger partial charge on any atom is 0.411 e. The number of likely N-dealkylation sites (tertiary alicyclic amines) is 3. The molecule has 2 atom stereocenters. The first-order valence-corrected chi connectivity index (χ1v) is 17.4. The van der Waals surface area contributed by atoms with E-state index in [0.29, 0.717) is 41.9 Å². The summed E-state index contributed by atoms with van der Waals surface area (Å²) in [7, 11) is 2.19. The number of ether oxygens (including phenoxy) is 1. The van der Waals surface area contributed by atoms with E-state index in [0.717, 1.165) is 68.0 Å². The molecule has 3 fully saturated rings. The van der Waals surface area contributed by atoms with Gasteiger partial charge in [0.15, 0.2) is 0 Å². The molecule has 238 valence electrons. The number of aldehydes is 1. The van der Waals surface area contributed by atoms with Gasteiger partial charge in [0.1, 0.15) is 18.6 Å². The first kappa shape index (κ1) is 31.6. The third-order valence-electron chi connectivity index (χ3n) is 10.3. The number of benzene rings is 1. The van der Waals surface area contributed by atoms with Crippen LogP contribution in [0.5, 0.6) is 0 Å². The van der Waals surface area contributed by atoms with E-state index in [1.807, 2.05) is 10.3 Å². The Kier molecular flexibility index (Phi) is 9.73. The number of piperidine rings is 3. The largest absolute Gasteiger partial charge is 0.444 e. The maximum absolute atomic E-state index is 13.9. The predicted octanol–water partition coefficient (Wildman–Crippen LogP) is 6.54. The Morgan fingerprint density at radius 3 is 2.48 bits per heavy atom. The lowest BCUT2D eigenvalue weighted by molar-refractivity contribution is -0.129. The molecule has 1 N–H and O–H groups in total. The molecule has 12 heteroatoms. The Labute approximate surface area is 273 Å². The number of nitrogens with one attached hydrogen (secondary N) is 1. The fourth-order valence-corrected chi connectivity index (χ4v) is 8.89. The van der Waals surface area contributed by atoms with Crippen molar-refractivity contribution in [3.8, 4) is 0 Å². The number of hydrogen-bond acceptors (Lipinski definition) is 7. The van der Waals surface area contributed by atoms with Crippen molar-refractivity contribution >= 4 is 58.6 Å². The zero-order valence-corrected chi connectivity index (χ0v) is 27.5. The number of carbonyl (C=O) groups is 3. The van der Waals surface area contributed by atoms with Crippen LogP contribution in [0.25, 0.3) is 0 Å². The molecule has 4 aliphatic heterocycles. The lowest BCUT2D eigenvalue weighted by atomic mass is 9.77. The second-order valence-electron chi connectivity index (χ2n) is 12.8. The first-order chi connectivity index (χ1) is 21.3. The fourth-order valence-electron chi connectivity index (χ4n) is 7.79. The van der Waals surface area contributed by atoms with Gasteiger partial charge in [-0.25, -0.2) is 9.59 Å². The molecule has 1 aromatic carbocycles. The number of rotatable bonds is 7. The van der Waals surface area contributed by atoms with E-state index in [1.54, 1.807) is 34.4 Å². The molecule has 0 saturated carbocycles. The van der Waals surface area contributed by atoms with Crippen LogP contribution in [0, 0.1) is 11.8 Å². The molecular weight excluding hydrogens is 621 g/mol. The van der Waals surface area contributed by atoms with Crippen LogP contribution in [0.2, 0.25) is 10.0 Å². The summed E-state index contributed by atoms with van der Waals surface area (Å²) in [5.41, 5.74) is 1.82. The molecule has 0 spiro atoms. The average molecular weight is 663 g/mol. The van der Waals surface area contributed by atoms with Crippen LogP contribution in [0.3, 0.4) is 0 Å². The van der Waals surface area contributed by atoms with Crippen molar-refractivity contribution in [1.29, 1.82) is 0 Å². The molecule has 3 amide bonds. The molecule has 5 heterocycles. The highest BCUT2D eigenvalue weighted by atomic mass is 35.5. The van der Waals surface area contributed by atoms with Crippen LogP contribution in [0.4, 0.5) is 15.3 Å². The van der Waals surface area contributed by atoms with Crippen LogP contribution in [-0.2, 0) is 22.7 Å². The smallest absolute Gasteiger partial charge is 0.411 e. The van der Waals surface area contributed by atoms with Gasteiger partial charge in [-0.15, -0.1) is 11.3 Å². The quantitative estimate of drug-likeness (QED) is 0.339. The van der Waals surface area contributed by atoms with Gasteiger partial charge >= 0.3 is 12.1 Å². The highest BCUT2D eigenvalue weighted by Crippen LogP contribution is 2.42. The van der Waals surface area contributed by atoms with Crippen LogP contribution in [0.1, 0.15) is 56.1 Å². The highest BCUT2D eigenvalue weighted by Gasteiger charge is 2.52. The van der Waals surface area contributed by atoms with Gasteiger partial charge in [0.05, 0.1) is 22.3 Å². The van der Waals surface area contributed by atoms with Gasteiger partial charge in [-0.3, -0.25) is 9.80 Å². The van der Waals surface area contributed by atoms with Crippen molar-refractivity contribution in [1.82, 2.24) is 19.6 Å². The SMILES string of the molecule is CN1CCC(C2CCN([C@]3(CC=O)C[C@H](N4Cc5cscc5NC4=O)CCN3C(=O)OCc3ccc(Cl)c(Cl)c3)CC2)CC1. The number of urea groups is 1. The third-order valence-corrected chi connectivity index (χ3v) is 11.8. The van der Waals surface area contributed by atoms with Gasteiger partial charge in [-0.1, -0.05) is 29.3 Å². The molecule has 3 saturated heterocycles. The zero-order valence-electron chi connectivity index (χ0n) is 25.2. The summed E-state index contributed by atoms with van der Waals surface area (Å²) in [4.78, 5) is 48.0. The van der Waals surface area contributed by atoms with E-state index < -0.39 is 11.8 Å². The predicted molar refractivity (Wildman–Crippen MR) is 173 cm³/mol. The number of halogens is 2. The number of thiophene rings is 1. The fraction of sp³-hybridized carbons (Fsp3) is 0.594. The Morgan fingerprint density at radius 2 is 1.77 bits per heavy atom. The summed E-state index contributed by atoms with van der Waals surface area (Å²) < 4.78 is 5.87.